The minimum atomic E-state index is -1.31. The molecule has 1 spiro atoms. The second kappa shape index (κ2) is 8.35. The van der Waals surface area contributed by atoms with E-state index in [-0.39, 0.29) is 12.1 Å². The maximum atomic E-state index is 14.4. The van der Waals surface area contributed by atoms with Gasteiger partial charge >= 0.3 is 6.03 Å². The van der Waals surface area contributed by atoms with Gasteiger partial charge in [-0.2, -0.15) is 0 Å². The highest BCUT2D eigenvalue weighted by molar-refractivity contribution is 8.01. The Hall–Kier alpha value is -3.10. The number of urea groups is 1. The van der Waals surface area contributed by atoms with Crippen LogP contribution in [-0.2, 0) is 16.2 Å². The van der Waals surface area contributed by atoms with Crippen LogP contribution in [0.2, 0.25) is 5.02 Å². The summed E-state index contributed by atoms with van der Waals surface area (Å²) in [6.45, 7) is 0.0649. The number of carbonyl (C=O) groups excluding carboxylic acids is 2. The molecule has 1 atom stereocenters. The highest BCUT2D eigenvalue weighted by Crippen LogP contribution is 2.54. The number of para-hydroxylation sites is 1. The molecular formula is C24H18ClF2N3O2S. The van der Waals surface area contributed by atoms with E-state index in [1.54, 1.807) is 48.5 Å². The highest BCUT2D eigenvalue weighted by atomic mass is 35.5. The Labute approximate surface area is 198 Å². The van der Waals surface area contributed by atoms with Gasteiger partial charge in [0.2, 0.25) is 0 Å². The first-order valence-corrected chi connectivity index (χ1v) is 11.6. The molecule has 3 aromatic carbocycles. The Morgan fingerprint density at radius 1 is 1.03 bits per heavy atom. The van der Waals surface area contributed by atoms with Gasteiger partial charge in [-0.05, 0) is 42.5 Å². The number of hydrogen-bond acceptors (Lipinski definition) is 3. The summed E-state index contributed by atoms with van der Waals surface area (Å²) in [5.74, 6) is -1.31. The SMILES string of the molecule is O=C(Nc1ccc(Cl)cc1)N1CCSC12C(=O)N(Cc1c(F)cccc1F)c1ccccc12. The smallest absolute Gasteiger partial charge is 0.308 e. The molecule has 2 aliphatic heterocycles. The zero-order chi connectivity index (χ0) is 23.2. The van der Waals surface area contributed by atoms with Crippen LogP contribution in [0, 0.1) is 11.6 Å². The van der Waals surface area contributed by atoms with E-state index >= 15 is 0 Å². The second-order valence-corrected chi connectivity index (χ2v) is 9.41. The minimum absolute atomic E-state index is 0.196. The molecule has 3 amide bonds. The summed E-state index contributed by atoms with van der Waals surface area (Å²) in [4.78, 5) is 28.7. The van der Waals surface area contributed by atoms with E-state index in [0.717, 1.165) is 12.1 Å². The molecule has 5 rings (SSSR count). The fraction of sp³-hybridized carbons (Fsp3) is 0.167. The number of hydrogen-bond donors (Lipinski definition) is 1. The molecule has 0 radical (unpaired) electrons. The van der Waals surface area contributed by atoms with Crippen molar-refractivity contribution in [2.45, 2.75) is 11.4 Å². The van der Waals surface area contributed by atoms with Gasteiger partial charge in [0.05, 0.1) is 12.2 Å². The normalized spacial score (nSPS) is 19.3. The average molecular weight is 486 g/mol. The summed E-state index contributed by atoms with van der Waals surface area (Å²) in [6, 6.07) is 16.9. The number of rotatable bonds is 3. The maximum absolute atomic E-state index is 14.4. The lowest BCUT2D eigenvalue weighted by atomic mass is 10.1. The third-order valence-electron chi connectivity index (χ3n) is 5.82. The summed E-state index contributed by atoms with van der Waals surface area (Å²) >= 11 is 7.26. The molecule has 1 N–H and O–H groups in total. The summed E-state index contributed by atoms with van der Waals surface area (Å²) in [5.41, 5.74) is 1.50. The van der Waals surface area contributed by atoms with Crippen molar-refractivity contribution in [2.24, 2.45) is 0 Å². The first kappa shape index (κ1) is 21.7. The van der Waals surface area contributed by atoms with Gasteiger partial charge in [0.15, 0.2) is 4.87 Å². The van der Waals surface area contributed by atoms with Gasteiger partial charge in [-0.1, -0.05) is 35.9 Å². The predicted octanol–water partition coefficient (Wildman–Crippen LogP) is 5.60. The van der Waals surface area contributed by atoms with Crippen molar-refractivity contribution >= 4 is 46.7 Å². The van der Waals surface area contributed by atoms with Crippen LogP contribution < -0.4 is 10.2 Å². The van der Waals surface area contributed by atoms with E-state index in [4.69, 9.17) is 11.6 Å². The minimum Gasteiger partial charge on any atom is -0.308 e. The molecule has 2 heterocycles. The van der Waals surface area contributed by atoms with E-state index in [1.165, 1.54) is 27.6 Å². The fourth-order valence-corrected chi connectivity index (χ4v) is 5.88. The number of nitrogens with zero attached hydrogens (tertiary/aromatic N) is 2. The van der Waals surface area contributed by atoms with E-state index in [0.29, 0.717) is 34.3 Å². The number of fused-ring (bicyclic) bond motifs is 2. The number of carbonyl (C=O) groups is 2. The number of amides is 3. The third kappa shape index (κ3) is 3.54. The first-order chi connectivity index (χ1) is 15.9. The van der Waals surface area contributed by atoms with E-state index in [2.05, 4.69) is 5.32 Å². The van der Waals surface area contributed by atoms with Crippen LogP contribution in [0.1, 0.15) is 11.1 Å². The van der Waals surface area contributed by atoms with Crippen molar-refractivity contribution in [2.75, 3.05) is 22.5 Å². The van der Waals surface area contributed by atoms with Gasteiger partial charge in [0.1, 0.15) is 11.6 Å². The van der Waals surface area contributed by atoms with Gasteiger partial charge in [-0.15, -0.1) is 11.8 Å². The molecule has 0 saturated carbocycles. The summed E-state index contributed by atoms with van der Waals surface area (Å²) in [5, 5.41) is 3.36. The van der Waals surface area contributed by atoms with Crippen LogP contribution in [0.5, 0.6) is 0 Å². The Morgan fingerprint density at radius 2 is 1.73 bits per heavy atom. The summed E-state index contributed by atoms with van der Waals surface area (Å²) in [7, 11) is 0. The van der Waals surface area contributed by atoms with Crippen molar-refractivity contribution in [3.8, 4) is 0 Å². The van der Waals surface area contributed by atoms with E-state index in [1.807, 2.05) is 0 Å². The van der Waals surface area contributed by atoms with Gasteiger partial charge < -0.3 is 10.2 Å². The number of nitrogens with one attached hydrogen (secondary N) is 1. The number of benzene rings is 3. The second-order valence-electron chi connectivity index (χ2n) is 7.69. The third-order valence-corrected chi connectivity index (χ3v) is 7.49. The Balaban J connectivity index is 1.52. The van der Waals surface area contributed by atoms with Gasteiger partial charge in [0, 0.05) is 34.1 Å². The molecular weight excluding hydrogens is 468 g/mol. The molecule has 1 fully saturated rings. The number of thioether (sulfide) groups is 1. The van der Waals surface area contributed by atoms with Gasteiger partial charge in [-0.3, -0.25) is 9.69 Å². The van der Waals surface area contributed by atoms with Crippen molar-refractivity contribution in [1.82, 2.24) is 4.90 Å². The lowest BCUT2D eigenvalue weighted by molar-refractivity contribution is -0.123. The summed E-state index contributed by atoms with van der Waals surface area (Å²) < 4.78 is 28.8. The van der Waals surface area contributed by atoms with Gasteiger partial charge in [-0.25, -0.2) is 13.6 Å². The van der Waals surface area contributed by atoms with E-state index in [9.17, 15) is 18.4 Å². The summed E-state index contributed by atoms with van der Waals surface area (Å²) in [6.07, 6.45) is 0. The zero-order valence-electron chi connectivity index (χ0n) is 17.2. The molecule has 168 valence electrons. The number of halogens is 3. The molecule has 0 aliphatic carbocycles. The molecule has 9 heteroatoms. The quantitative estimate of drug-likeness (QED) is 0.525. The lowest BCUT2D eigenvalue weighted by Gasteiger charge is -2.33. The topological polar surface area (TPSA) is 52.7 Å². The Kier molecular flexibility index (Phi) is 5.50. The van der Waals surface area contributed by atoms with E-state index < -0.39 is 28.4 Å². The van der Waals surface area contributed by atoms with Crippen LogP contribution in [0.3, 0.4) is 0 Å². The first-order valence-electron chi connectivity index (χ1n) is 10.2. The molecule has 1 saturated heterocycles. The van der Waals surface area contributed by atoms with Crippen molar-refractivity contribution in [3.05, 3.63) is 94.5 Å². The highest BCUT2D eigenvalue weighted by Gasteiger charge is 2.59. The van der Waals surface area contributed by atoms with Crippen LogP contribution in [0.15, 0.2) is 66.7 Å². The molecule has 3 aromatic rings. The van der Waals surface area contributed by atoms with Gasteiger partial charge in [0.25, 0.3) is 5.91 Å². The van der Waals surface area contributed by atoms with Crippen molar-refractivity contribution < 1.29 is 18.4 Å². The standard InChI is InChI=1S/C24H18ClF2N3O2S/c25-15-8-10-16(11-9-15)28-23(32)30-12-13-33-24(30)18-4-1-2-7-21(18)29(22(24)31)14-17-19(26)5-3-6-20(17)27/h1-11H,12-14H2,(H,28,32). The average Bonchev–Trinajstić information content (AvgIpc) is 3.35. The fourth-order valence-electron chi connectivity index (χ4n) is 4.29. The molecule has 2 aliphatic rings. The largest absolute Gasteiger partial charge is 0.323 e. The molecule has 0 bridgehead atoms. The lowest BCUT2D eigenvalue weighted by Crippen LogP contribution is -2.51. The zero-order valence-corrected chi connectivity index (χ0v) is 18.8. The van der Waals surface area contributed by atoms with Crippen molar-refractivity contribution in [3.63, 3.8) is 0 Å². The monoisotopic (exact) mass is 485 g/mol. The van der Waals surface area contributed by atoms with Crippen molar-refractivity contribution in [1.29, 1.82) is 0 Å². The molecule has 1 unspecified atom stereocenters. The number of anilines is 2. The van der Waals surface area contributed by atoms with Crippen LogP contribution >= 0.6 is 23.4 Å². The van der Waals surface area contributed by atoms with Crippen LogP contribution in [0.4, 0.5) is 25.0 Å². The van der Waals surface area contributed by atoms with Crippen LogP contribution in [0.25, 0.3) is 0 Å². The Morgan fingerprint density at radius 3 is 2.45 bits per heavy atom. The van der Waals surface area contributed by atoms with Crippen LogP contribution in [-0.4, -0.2) is 29.1 Å². The Bertz CT molecular complexity index is 1240. The molecule has 33 heavy (non-hydrogen) atoms. The molecule has 5 nitrogen and oxygen atoms in total. The molecule has 0 aromatic heterocycles. The predicted molar refractivity (Wildman–Crippen MR) is 125 cm³/mol. The maximum Gasteiger partial charge on any atom is 0.323 e.